The van der Waals surface area contributed by atoms with E-state index in [1.54, 1.807) is 0 Å². The summed E-state index contributed by atoms with van der Waals surface area (Å²) in [5.74, 6) is -0.500. The van der Waals surface area contributed by atoms with E-state index in [9.17, 15) is 9.59 Å². The third-order valence-corrected chi connectivity index (χ3v) is 3.79. The lowest BCUT2D eigenvalue weighted by Crippen LogP contribution is -2.39. The normalized spacial score (nSPS) is 15.1. The molecule has 1 saturated heterocycles. The van der Waals surface area contributed by atoms with E-state index in [0.29, 0.717) is 32.4 Å². The van der Waals surface area contributed by atoms with Crippen LogP contribution in [0.2, 0.25) is 0 Å². The van der Waals surface area contributed by atoms with Gasteiger partial charge in [0.05, 0.1) is 18.4 Å². The fourth-order valence-corrected chi connectivity index (χ4v) is 2.42. The Balaban J connectivity index is 1.78. The lowest BCUT2D eigenvalue weighted by atomic mass is 9.97. The third kappa shape index (κ3) is 4.22. The number of nitrogens with zero attached hydrogens (tertiary/aromatic N) is 2. The molecule has 0 saturated carbocycles. The van der Waals surface area contributed by atoms with Gasteiger partial charge in [-0.05, 0) is 24.0 Å². The molecule has 0 radical (unpaired) electrons. The molecule has 6 heteroatoms. The minimum absolute atomic E-state index is 0.199. The summed E-state index contributed by atoms with van der Waals surface area (Å²) in [4.78, 5) is 24.1. The average Bonchev–Trinajstić information content (AvgIpc) is 2.54. The third-order valence-electron chi connectivity index (χ3n) is 3.79. The second-order valence-electron chi connectivity index (χ2n) is 5.30. The molecule has 0 aromatic heterocycles. The summed E-state index contributed by atoms with van der Waals surface area (Å²) in [6.45, 7) is 0.945. The van der Waals surface area contributed by atoms with Crippen molar-refractivity contribution in [3.8, 4) is 6.07 Å². The monoisotopic (exact) mass is 302 g/mol. The second kappa shape index (κ2) is 7.46. The van der Waals surface area contributed by atoms with Crippen molar-refractivity contribution in [1.82, 2.24) is 4.90 Å². The van der Waals surface area contributed by atoms with Gasteiger partial charge in [-0.3, -0.25) is 4.79 Å². The molecule has 6 nitrogen and oxygen atoms in total. The maximum atomic E-state index is 12.0. The highest BCUT2D eigenvalue weighted by Gasteiger charge is 2.28. The van der Waals surface area contributed by atoms with E-state index in [2.05, 4.69) is 6.07 Å². The van der Waals surface area contributed by atoms with Crippen LogP contribution in [-0.2, 0) is 22.6 Å². The Bertz CT molecular complexity index is 569. The van der Waals surface area contributed by atoms with Gasteiger partial charge < -0.3 is 14.7 Å². The molecule has 1 aromatic rings. The predicted octanol–water partition coefficient (Wildman–Crippen LogP) is 2.19. The molecule has 1 aliphatic heterocycles. The summed E-state index contributed by atoms with van der Waals surface area (Å²) < 4.78 is 5.29. The molecule has 116 valence electrons. The lowest BCUT2D eigenvalue weighted by Gasteiger charge is -2.28. The number of hydrogen-bond donors (Lipinski definition) is 1. The number of likely N-dealkylation sites (tertiary alicyclic amines) is 1. The van der Waals surface area contributed by atoms with Crippen molar-refractivity contribution < 1.29 is 19.4 Å². The van der Waals surface area contributed by atoms with Crippen LogP contribution in [0.15, 0.2) is 24.3 Å². The van der Waals surface area contributed by atoms with Gasteiger partial charge in [-0.2, -0.15) is 5.26 Å². The van der Waals surface area contributed by atoms with Gasteiger partial charge in [-0.15, -0.1) is 0 Å². The quantitative estimate of drug-likeness (QED) is 0.861. The SMILES string of the molecule is N#CCc1ccc(COC(=O)C2CCN(C(=O)O)CC2)cc1. The molecular formula is C16H18N2O4. The zero-order valence-corrected chi connectivity index (χ0v) is 12.2. The molecule has 22 heavy (non-hydrogen) atoms. The van der Waals surface area contributed by atoms with E-state index in [0.717, 1.165) is 11.1 Å². The van der Waals surface area contributed by atoms with Crippen molar-refractivity contribution in [3.05, 3.63) is 35.4 Å². The van der Waals surface area contributed by atoms with Crippen molar-refractivity contribution in [2.24, 2.45) is 5.92 Å². The maximum Gasteiger partial charge on any atom is 0.407 e. The summed E-state index contributed by atoms with van der Waals surface area (Å²) >= 11 is 0. The highest BCUT2D eigenvalue weighted by atomic mass is 16.5. The second-order valence-corrected chi connectivity index (χ2v) is 5.30. The van der Waals surface area contributed by atoms with Crippen LogP contribution in [-0.4, -0.2) is 35.2 Å². The lowest BCUT2D eigenvalue weighted by molar-refractivity contribution is -0.151. The largest absolute Gasteiger partial charge is 0.465 e. The summed E-state index contributed by atoms with van der Waals surface area (Å²) in [5.41, 5.74) is 1.80. The van der Waals surface area contributed by atoms with Gasteiger partial charge in [-0.25, -0.2) is 4.79 Å². The summed E-state index contributed by atoms with van der Waals surface area (Å²) in [6.07, 6.45) is 0.435. The number of ether oxygens (including phenoxy) is 1. The smallest absolute Gasteiger partial charge is 0.407 e. The molecule has 0 spiro atoms. The van der Waals surface area contributed by atoms with Crippen molar-refractivity contribution in [2.45, 2.75) is 25.9 Å². The molecule has 2 rings (SSSR count). The van der Waals surface area contributed by atoms with Crippen LogP contribution < -0.4 is 0 Å². The number of esters is 1. The van der Waals surface area contributed by atoms with Crippen molar-refractivity contribution in [2.75, 3.05) is 13.1 Å². The van der Waals surface area contributed by atoms with Crippen molar-refractivity contribution in [3.63, 3.8) is 0 Å². The van der Waals surface area contributed by atoms with Gasteiger partial charge in [0.1, 0.15) is 6.61 Å². The number of hydrogen-bond acceptors (Lipinski definition) is 4. The zero-order valence-electron chi connectivity index (χ0n) is 12.2. The molecule has 1 heterocycles. The number of amides is 1. The molecule has 0 atom stereocenters. The molecule has 1 aromatic carbocycles. The molecule has 1 aliphatic rings. The number of carbonyl (C=O) groups excluding carboxylic acids is 1. The number of piperidine rings is 1. The Hall–Kier alpha value is -2.55. The van der Waals surface area contributed by atoms with Gasteiger partial charge in [0.2, 0.25) is 0 Å². The van der Waals surface area contributed by atoms with Crippen LogP contribution in [0.5, 0.6) is 0 Å². The van der Waals surface area contributed by atoms with Gasteiger partial charge in [0.25, 0.3) is 0 Å². The minimum atomic E-state index is -0.940. The molecule has 1 N–H and O–H groups in total. The van der Waals surface area contributed by atoms with Crippen LogP contribution in [0, 0.1) is 17.2 Å². The van der Waals surface area contributed by atoms with Crippen LogP contribution in [0.4, 0.5) is 4.79 Å². The summed E-state index contributed by atoms with van der Waals surface area (Å²) in [7, 11) is 0. The van der Waals surface area contributed by atoms with Gasteiger partial charge in [0, 0.05) is 13.1 Å². The fraction of sp³-hybridized carbons (Fsp3) is 0.438. The number of benzene rings is 1. The Morgan fingerprint density at radius 1 is 1.23 bits per heavy atom. The molecular weight excluding hydrogens is 284 g/mol. The summed E-state index contributed by atoms with van der Waals surface area (Å²) in [5, 5.41) is 17.5. The van der Waals surface area contributed by atoms with E-state index in [-0.39, 0.29) is 18.5 Å². The molecule has 1 amide bonds. The Labute approximate surface area is 128 Å². The highest BCUT2D eigenvalue weighted by molar-refractivity contribution is 5.73. The number of carbonyl (C=O) groups is 2. The van der Waals surface area contributed by atoms with E-state index in [1.807, 2.05) is 24.3 Å². The van der Waals surface area contributed by atoms with E-state index < -0.39 is 6.09 Å². The van der Waals surface area contributed by atoms with E-state index in [4.69, 9.17) is 15.1 Å². The fourth-order valence-electron chi connectivity index (χ4n) is 2.42. The van der Waals surface area contributed by atoms with E-state index in [1.165, 1.54) is 4.90 Å². The zero-order chi connectivity index (χ0) is 15.9. The van der Waals surface area contributed by atoms with Crippen LogP contribution in [0.25, 0.3) is 0 Å². The first kappa shape index (κ1) is 15.8. The average molecular weight is 302 g/mol. The minimum Gasteiger partial charge on any atom is -0.465 e. The Morgan fingerprint density at radius 2 is 1.82 bits per heavy atom. The van der Waals surface area contributed by atoms with Crippen molar-refractivity contribution in [1.29, 1.82) is 5.26 Å². The highest BCUT2D eigenvalue weighted by Crippen LogP contribution is 2.19. The maximum absolute atomic E-state index is 12.0. The topological polar surface area (TPSA) is 90.6 Å². The van der Waals surface area contributed by atoms with Gasteiger partial charge in [0.15, 0.2) is 0 Å². The van der Waals surface area contributed by atoms with Crippen LogP contribution >= 0.6 is 0 Å². The molecule has 1 fully saturated rings. The van der Waals surface area contributed by atoms with Crippen LogP contribution in [0.3, 0.4) is 0 Å². The Kier molecular flexibility index (Phi) is 5.37. The van der Waals surface area contributed by atoms with Crippen molar-refractivity contribution >= 4 is 12.1 Å². The van der Waals surface area contributed by atoms with Gasteiger partial charge >= 0.3 is 12.1 Å². The number of rotatable bonds is 4. The first-order chi connectivity index (χ1) is 10.6. The predicted molar refractivity (Wildman–Crippen MR) is 77.9 cm³/mol. The standard InChI is InChI=1S/C16H18N2O4/c17-8-5-12-1-3-13(4-2-12)11-22-15(19)14-6-9-18(10-7-14)16(20)21/h1-4,14H,5-7,9-11H2,(H,20,21). The van der Waals surface area contributed by atoms with Gasteiger partial charge in [-0.1, -0.05) is 24.3 Å². The first-order valence-electron chi connectivity index (χ1n) is 7.19. The van der Waals surface area contributed by atoms with E-state index >= 15 is 0 Å². The molecule has 0 bridgehead atoms. The molecule has 0 aliphatic carbocycles. The first-order valence-corrected chi connectivity index (χ1v) is 7.19. The number of nitriles is 1. The Morgan fingerprint density at radius 3 is 2.36 bits per heavy atom. The number of carboxylic acid groups (broad SMARTS) is 1. The summed E-state index contributed by atoms with van der Waals surface area (Å²) in [6, 6.07) is 9.45. The molecule has 0 unspecified atom stereocenters. The van der Waals surface area contributed by atoms with Crippen LogP contribution in [0.1, 0.15) is 24.0 Å².